The van der Waals surface area contributed by atoms with Crippen LogP contribution in [-0.4, -0.2) is 24.9 Å². The molecule has 0 atom stereocenters. The Morgan fingerprint density at radius 1 is 0.222 bits per heavy atom. The first-order valence-corrected chi connectivity index (χ1v) is 27.0. The Morgan fingerprint density at radius 3 is 0.963 bits per heavy atom. The average Bonchev–Trinajstić information content (AvgIpc) is 3.53. The monoisotopic (exact) mass is 1040 g/mol. The summed E-state index contributed by atoms with van der Waals surface area (Å²) in [6, 6.07) is 88.8. The molecule has 0 amide bonds. The Hall–Kier alpha value is -11.1. The molecule has 0 saturated heterocycles. The number of nitrogens with zero attached hydrogens (tertiary/aromatic N) is 5. The van der Waals surface area contributed by atoms with E-state index in [9.17, 15) is 0 Å². The van der Waals surface area contributed by atoms with E-state index in [0.717, 1.165) is 149 Å². The first-order chi connectivity index (χ1) is 39.8. The van der Waals surface area contributed by atoms with Crippen LogP contribution < -0.4 is 17.2 Å². The number of nitrogen functional groups attached to an aromatic ring is 3. The van der Waals surface area contributed by atoms with E-state index >= 15 is 0 Å². The molecule has 0 aliphatic heterocycles. The van der Waals surface area contributed by atoms with E-state index in [0.29, 0.717) is 17.3 Å². The number of nitrogens with two attached hydrogens (primary N) is 3. The molecule has 0 unspecified atom stereocenters. The Kier molecular flexibility index (Phi) is 11.1. The van der Waals surface area contributed by atoms with Crippen molar-refractivity contribution in [1.29, 1.82) is 0 Å². The van der Waals surface area contributed by atoms with Gasteiger partial charge in [0.15, 0.2) is 5.82 Å². The molecular weight excluding hydrogens is 989 g/mol. The zero-order valence-electron chi connectivity index (χ0n) is 43.7. The first kappa shape index (κ1) is 47.1. The van der Waals surface area contributed by atoms with Crippen LogP contribution in [0.15, 0.2) is 255 Å². The Labute approximate surface area is 466 Å². The molecule has 0 aliphatic carbocycles. The van der Waals surface area contributed by atoms with Gasteiger partial charge in [-0.05, 0) is 129 Å². The average molecular weight is 1040 g/mol. The fourth-order valence-corrected chi connectivity index (χ4v) is 11.9. The number of fused-ring (bicyclic) bond motifs is 6. The summed E-state index contributed by atoms with van der Waals surface area (Å²) in [7, 11) is 0. The topological polar surface area (TPSA) is 143 Å². The third-order valence-electron chi connectivity index (χ3n) is 15.7. The van der Waals surface area contributed by atoms with Crippen molar-refractivity contribution >= 4 is 82.1 Å². The second-order valence-electron chi connectivity index (χ2n) is 20.7. The van der Waals surface area contributed by atoms with Crippen LogP contribution in [0.25, 0.3) is 155 Å². The highest BCUT2D eigenvalue weighted by Crippen LogP contribution is 2.40. The molecule has 6 N–H and O–H groups in total. The predicted molar refractivity (Wildman–Crippen MR) is 337 cm³/mol. The molecule has 0 bridgehead atoms. The predicted octanol–water partition coefficient (Wildman–Crippen LogP) is 17.7. The highest BCUT2D eigenvalue weighted by atomic mass is 15.0. The lowest BCUT2D eigenvalue weighted by Gasteiger charge is -2.13. The Morgan fingerprint density at radius 2 is 0.543 bits per heavy atom. The van der Waals surface area contributed by atoms with Crippen molar-refractivity contribution in [2.75, 3.05) is 17.2 Å². The van der Waals surface area contributed by atoms with Gasteiger partial charge in [0.1, 0.15) is 5.82 Å². The van der Waals surface area contributed by atoms with E-state index in [4.69, 9.17) is 37.1 Å². The van der Waals surface area contributed by atoms with Gasteiger partial charge in [-0.1, -0.05) is 206 Å². The lowest BCUT2D eigenvalue weighted by molar-refractivity contribution is 1.19. The Balaban J connectivity index is 0.721. The quantitative estimate of drug-likeness (QED) is 0.137. The highest BCUT2D eigenvalue weighted by molar-refractivity contribution is 6.05. The standard InChI is InChI=1S/C73H48N8/c74-53-39-66(60-21-5-13-43-11-1-3-19-54(43)60)77-67(40-53)62-23-7-15-49-35-47(27-31-56(49)62)48-30-34-59-52(38-48)18-10-26-65(59)72-78-70(42-71(75)81-72)64-25-9-17-51-37-46(29-33-58(51)64)45-28-32-57-50(36-45)16-8-24-63(57)69-41-68(79-73(76)80-69)61-22-6-14-44-12-2-4-20-55(44)61/h1-42H,(H2,74,77)(H2,75,78,81)(H2,76,79,80). The van der Waals surface area contributed by atoms with Gasteiger partial charge in [-0.25, -0.2) is 24.9 Å². The lowest BCUT2D eigenvalue weighted by Crippen LogP contribution is -1.99. The molecule has 0 aliphatic rings. The van der Waals surface area contributed by atoms with Crippen LogP contribution in [0, 0.1) is 0 Å². The van der Waals surface area contributed by atoms with Crippen LogP contribution >= 0.6 is 0 Å². The molecule has 0 spiro atoms. The van der Waals surface area contributed by atoms with E-state index in [1.807, 2.05) is 36.4 Å². The molecule has 15 aromatic rings. The molecule has 12 aromatic carbocycles. The van der Waals surface area contributed by atoms with Crippen LogP contribution in [-0.2, 0) is 0 Å². The minimum absolute atomic E-state index is 0.235. The van der Waals surface area contributed by atoms with E-state index in [2.05, 4.69) is 223 Å². The Bertz CT molecular complexity index is 4740. The van der Waals surface area contributed by atoms with Crippen LogP contribution in [0.2, 0.25) is 0 Å². The fraction of sp³-hybridized carbons (Fsp3) is 0. The van der Waals surface area contributed by atoms with Gasteiger partial charge < -0.3 is 17.2 Å². The van der Waals surface area contributed by atoms with Crippen molar-refractivity contribution in [3.05, 3.63) is 255 Å². The maximum atomic E-state index is 6.66. The van der Waals surface area contributed by atoms with E-state index in [1.165, 1.54) is 0 Å². The summed E-state index contributed by atoms with van der Waals surface area (Å²) in [4.78, 5) is 24.7. The smallest absolute Gasteiger partial charge is 0.221 e. The van der Waals surface area contributed by atoms with Crippen molar-refractivity contribution in [3.8, 4) is 89.9 Å². The van der Waals surface area contributed by atoms with E-state index in [-0.39, 0.29) is 5.95 Å². The SMILES string of the molecule is Nc1cc(-c2cccc3ccccc23)nc(-c2cccc3cc(-c4ccc5c(-c6nc(N)cc(-c7cccc8cc(-c9ccc%10c(-c%11cc(-c%12cccc%13ccccc%12%13)nc(N)n%11)cccc%10c9)ccc78)n6)cccc5c4)ccc23)c1. The van der Waals surface area contributed by atoms with Crippen molar-refractivity contribution in [2.24, 2.45) is 0 Å². The minimum Gasteiger partial charge on any atom is -0.399 e. The molecule has 380 valence electrons. The maximum Gasteiger partial charge on any atom is 0.221 e. The van der Waals surface area contributed by atoms with Crippen LogP contribution in [0.4, 0.5) is 17.5 Å². The number of hydrogen-bond donors (Lipinski definition) is 3. The lowest BCUT2D eigenvalue weighted by atomic mass is 9.94. The number of anilines is 3. The molecular formula is C73H48N8. The molecule has 8 nitrogen and oxygen atoms in total. The normalized spacial score (nSPS) is 11.6. The summed E-state index contributed by atoms with van der Waals surface area (Å²) in [6.45, 7) is 0. The number of hydrogen-bond acceptors (Lipinski definition) is 8. The largest absolute Gasteiger partial charge is 0.399 e. The zero-order valence-corrected chi connectivity index (χ0v) is 43.7. The van der Waals surface area contributed by atoms with Gasteiger partial charge in [0.25, 0.3) is 0 Å². The minimum atomic E-state index is 0.235. The van der Waals surface area contributed by atoms with Crippen LogP contribution in [0.5, 0.6) is 0 Å². The zero-order chi connectivity index (χ0) is 54.1. The van der Waals surface area contributed by atoms with Gasteiger partial charge in [0.2, 0.25) is 5.95 Å². The van der Waals surface area contributed by atoms with Crippen molar-refractivity contribution in [1.82, 2.24) is 24.9 Å². The van der Waals surface area contributed by atoms with Gasteiger partial charge in [0.05, 0.1) is 28.5 Å². The number of benzene rings is 12. The third kappa shape index (κ3) is 8.46. The van der Waals surface area contributed by atoms with Crippen molar-refractivity contribution in [3.63, 3.8) is 0 Å². The third-order valence-corrected chi connectivity index (χ3v) is 15.7. The van der Waals surface area contributed by atoms with Crippen molar-refractivity contribution < 1.29 is 0 Å². The highest BCUT2D eigenvalue weighted by Gasteiger charge is 2.18. The molecule has 0 saturated carbocycles. The summed E-state index contributed by atoms with van der Waals surface area (Å²) in [6.07, 6.45) is 0. The molecule has 0 fully saturated rings. The molecule has 3 heterocycles. The summed E-state index contributed by atoms with van der Waals surface area (Å²) < 4.78 is 0. The van der Waals surface area contributed by atoms with E-state index < -0.39 is 0 Å². The van der Waals surface area contributed by atoms with Gasteiger partial charge >= 0.3 is 0 Å². The number of pyridine rings is 1. The van der Waals surface area contributed by atoms with Gasteiger partial charge in [0, 0.05) is 45.1 Å². The molecule has 8 heteroatoms. The molecule has 0 radical (unpaired) electrons. The number of rotatable bonds is 8. The fourth-order valence-electron chi connectivity index (χ4n) is 11.9. The van der Waals surface area contributed by atoms with Gasteiger partial charge in [-0.2, -0.15) is 0 Å². The molecule has 81 heavy (non-hydrogen) atoms. The molecule has 15 rings (SSSR count). The summed E-state index contributed by atoms with van der Waals surface area (Å²) in [5, 5.41) is 13.2. The summed E-state index contributed by atoms with van der Waals surface area (Å²) >= 11 is 0. The second kappa shape index (κ2) is 19.1. The van der Waals surface area contributed by atoms with Crippen molar-refractivity contribution in [2.45, 2.75) is 0 Å². The maximum absolute atomic E-state index is 6.66. The van der Waals surface area contributed by atoms with Gasteiger partial charge in [-0.15, -0.1) is 0 Å². The summed E-state index contributed by atoms with van der Waals surface area (Å²) in [5.74, 6) is 1.20. The summed E-state index contributed by atoms with van der Waals surface area (Å²) in [5.41, 5.74) is 34.7. The molecule has 3 aromatic heterocycles. The van der Waals surface area contributed by atoms with Crippen LogP contribution in [0.3, 0.4) is 0 Å². The van der Waals surface area contributed by atoms with Crippen LogP contribution in [0.1, 0.15) is 0 Å². The van der Waals surface area contributed by atoms with E-state index in [1.54, 1.807) is 0 Å². The van der Waals surface area contributed by atoms with Gasteiger partial charge in [-0.3, -0.25) is 0 Å². The number of aromatic nitrogens is 5. The second-order valence-corrected chi connectivity index (χ2v) is 20.7. The first-order valence-electron chi connectivity index (χ1n) is 27.0.